The smallest absolute Gasteiger partial charge is 0.344 e. The molecule has 0 unspecified atom stereocenters. The number of benzene rings is 2. The number of para-hydroxylation sites is 1. The Labute approximate surface area is 173 Å². The molecule has 3 heterocycles. The Hall–Kier alpha value is -3.41. The van der Waals surface area contributed by atoms with Gasteiger partial charge in [0.25, 0.3) is 5.91 Å². The molecule has 30 heavy (non-hydrogen) atoms. The van der Waals surface area contributed by atoms with Crippen LogP contribution < -0.4 is 10.9 Å². The third-order valence-electron chi connectivity index (χ3n) is 6.30. The van der Waals surface area contributed by atoms with Crippen LogP contribution in [0.5, 0.6) is 0 Å². The van der Waals surface area contributed by atoms with Crippen molar-refractivity contribution in [2.75, 3.05) is 13.1 Å². The number of hydrogen-bond donors (Lipinski definition) is 1. The molecule has 6 heteroatoms. The van der Waals surface area contributed by atoms with Gasteiger partial charge in [-0.25, -0.2) is 4.79 Å². The lowest BCUT2D eigenvalue weighted by atomic mass is 9.86. The average molecular weight is 402 g/mol. The Morgan fingerprint density at radius 2 is 1.77 bits per heavy atom. The van der Waals surface area contributed by atoms with Crippen LogP contribution in [0.25, 0.3) is 22.1 Å². The van der Waals surface area contributed by atoms with Crippen molar-refractivity contribution in [3.8, 4) is 11.1 Å². The number of hydrogen-bond acceptors (Lipinski definition) is 4. The van der Waals surface area contributed by atoms with Gasteiger partial charge in [0.2, 0.25) is 5.91 Å². The molecule has 0 aliphatic carbocycles. The summed E-state index contributed by atoms with van der Waals surface area (Å²) in [7, 11) is 0. The second-order valence-corrected chi connectivity index (χ2v) is 8.19. The highest BCUT2D eigenvalue weighted by molar-refractivity contribution is 5.96. The lowest BCUT2D eigenvalue weighted by Crippen LogP contribution is -2.52. The number of piperidine rings is 1. The average Bonchev–Trinajstić information content (AvgIpc) is 3.13. The van der Waals surface area contributed by atoms with E-state index < -0.39 is 5.63 Å². The quantitative estimate of drug-likeness (QED) is 0.667. The van der Waals surface area contributed by atoms with Crippen LogP contribution >= 0.6 is 0 Å². The van der Waals surface area contributed by atoms with Crippen LogP contribution in [0.2, 0.25) is 0 Å². The van der Waals surface area contributed by atoms with Gasteiger partial charge in [0.1, 0.15) is 5.58 Å². The number of carbonyl (C=O) groups excluding carboxylic acids is 2. The zero-order chi connectivity index (χ0) is 20.7. The molecule has 0 atom stereocenters. The Morgan fingerprint density at radius 3 is 2.53 bits per heavy atom. The molecule has 3 aromatic rings. The molecule has 0 radical (unpaired) electrons. The van der Waals surface area contributed by atoms with Crippen LogP contribution in [0.4, 0.5) is 0 Å². The highest BCUT2D eigenvalue weighted by atomic mass is 16.4. The molecular formula is C24H22N2O4. The first-order valence-electron chi connectivity index (χ1n) is 10.3. The zero-order valence-electron chi connectivity index (χ0n) is 16.5. The normalized spacial score (nSPS) is 18.0. The number of carbonyl (C=O) groups is 2. The Kier molecular flexibility index (Phi) is 4.42. The van der Waals surface area contributed by atoms with Gasteiger partial charge < -0.3 is 14.6 Å². The fraction of sp³-hybridized carbons (Fsp3) is 0.292. The molecule has 0 saturated carbocycles. The summed E-state index contributed by atoms with van der Waals surface area (Å²) in [5.74, 6) is 0.0536. The van der Waals surface area contributed by atoms with Gasteiger partial charge in [-0.2, -0.15) is 0 Å². The molecule has 2 fully saturated rings. The summed E-state index contributed by atoms with van der Waals surface area (Å²) in [5.41, 5.74) is 1.63. The van der Waals surface area contributed by atoms with Gasteiger partial charge in [-0.3, -0.25) is 9.59 Å². The minimum atomic E-state index is -0.421. The molecule has 5 rings (SSSR count). The largest absolute Gasteiger partial charge is 0.422 e. The SMILES string of the molecule is O=C1CCC2(CCN(C(=O)c3cccc(-c4cc5ccccc5oc4=O)c3)CC2)N1. The van der Waals surface area contributed by atoms with Crippen LogP contribution in [-0.4, -0.2) is 35.3 Å². The molecule has 2 aromatic carbocycles. The first-order chi connectivity index (χ1) is 14.5. The third kappa shape index (κ3) is 3.28. The van der Waals surface area contributed by atoms with Crippen molar-refractivity contribution in [1.82, 2.24) is 10.2 Å². The Morgan fingerprint density at radius 1 is 0.967 bits per heavy atom. The second kappa shape index (κ2) is 7.13. The predicted octanol–water partition coefficient (Wildman–Crippen LogP) is 3.34. The van der Waals surface area contributed by atoms with E-state index >= 15 is 0 Å². The van der Waals surface area contributed by atoms with Crippen LogP contribution in [0.1, 0.15) is 36.0 Å². The summed E-state index contributed by atoms with van der Waals surface area (Å²) in [6.45, 7) is 1.23. The standard InChI is InChI=1S/C24H22N2O4/c27-21-8-9-24(25-21)10-12-26(13-11-24)22(28)18-6-3-5-16(14-18)19-15-17-4-1-2-7-20(17)30-23(19)29/h1-7,14-15H,8-13H2,(H,25,27). The molecule has 1 spiro atoms. The van der Waals surface area contributed by atoms with Crippen molar-refractivity contribution in [2.45, 2.75) is 31.2 Å². The summed E-state index contributed by atoms with van der Waals surface area (Å²) in [6.07, 6.45) is 2.97. The van der Waals surface area contributed by atoms with Gasteiger partial charge in [0, 0.05) is 36.0 Å². The van der Waals surface area contributed by atoms with E-state index in [1.807, 2.05) is 29.2 Å². The van der Waals surface area contributed by atoms with Crippen molar-refractivity contribution >= 4 is 22.8 Å². The van der Waals surface area contributed by atoms with Gasteiger partial charge in [0.15, 0.2) is 0 Å². The van der Waals surface area contributed by atoms with Crippen LogP contribution in [0.15, 0.2) is 63.8 Å². The molecular weight excluding hydrogens is 380 g/mol. The van der Waals surface area contributed by atoms with E-state index in [2.05, 4.69) is 5.32 Å². The molecule has 2 amide bonds. The molecule has 1 aromatic heterocycles. The molecule has 2 aliphatic rings. The van der Waals surface area contributed by atoms with Crippen LogP contribution in [-0.2, 0) is 4.79 Å². The van der Waals surface area contributed by atoms with Gasteiger partial charge >= 0.3 is 5.63 Å². The maximum Gasteiger partial charge on any atom is 0.344 e. The van der Waals surface area contributed by atoms with E-state index in [4.69, 9.17) is 4.42 Å². The van der Waals surface area contributed by atoms with Crippen molar-refractivity contribution in [2.24, 2.45) is 0 Å². The van der Waals surface area contributed by atoms with Gasteiger partial charge in [-0.15, -0.1) is 0 Å². The minimum absolute atomic E-state index is 0.0544. The van der Waals surface area contributed by atoms with Gasteiger partial charge in [-0.1, -0.05) is 30.3 Å². The summed E-state index contributed by atoms with van der Waals surface area (Å²) in [6, 6.07) is 16.3. The number of likely N-dealkylation sites (tertiary alicyclic amines) is 1. The fourth-order valence-electron chi connectivity index (χ4n) is 4.55. The highest BCUT2D eigenvalue weighted by Crippen LogP contribution is 2.32. The van der Waals surface area contributed by atoms with E-state index in [1.165, 1.54) is 0 Å². The molecule has 1 N–H and O–H groups in total. The van der Waals surface area contributed by atoms with Gasteiger partial charge in [0.05, 0.1) is 5.56 Å². The monoisotopic (exact) mass is 402 g/mol. The van der Waals surface area contributed by atoms with Gasteiger partial charge in [-0.05, 0) is 49.1 Å². The van der Waals surface area contributed by atoms with E-state index in [9.17, 15) is 14.4 Å². The van der Waals surface area contributed by atoms with E-state index in [0.717, 1.165) is 24.6 Å². The van der Waals surface area contributed by atoms with Crippen molar-refractivity contribution in [3.05, 3.63) is 70.6 Å². The first-order valence-corrected chi connectivity index (χ1v) is 10.3. The van der Waals surface area contributed by atoms with E-state index in [-0.39, 0.29) is 17.4 Å². The molecule has 0 bridgehead atoms. The summed E-state index contributed by atoms with van der Waals surface area (Å²) in [5, 5.41) is 3.93. The number of amides is 2. The lowest BCUT2D eigenvalue weighted by molar-refractivity contribution is -0.120. The fourth-order valence-corrected chi connectivity index (χ4v) is 4.55. The summed E-state index contributed by atoms with van der Waals surface area (Å²) >= 11 is 0. The molecule has 2 saturated heterocycles. The number of rotatable bonds is 2. The van der Waals surface area contributed by atoms with Crippen LogP contribution in [0.3, 0.4) is 0 Å². The molecule has 6 nitrogen and oxygen atoms in total. The Balaban J connectivity index is 1.39. The van der Waals surface area contributed by atoms with Crippen molar-refractivity contribution in [3.63, 3.8) is 0 Å². The molecule has 2 aliphatic heterocycles. The predicted molar refractivity (Wildman–Crippen MR) is 113 cm³/mol. The topological polar surface area (TPSA) is 79.6 Å². The van der Waals surface area contributed by atoms with E-state index in [0.29, 0.717) is 41.8 Å². The number of nitrogens with zero attached hydrogens (tertiary/aromatic N) is 1. The highest BCUT2D eigenvalue weighted by Gasteiger charge is 2.41. The number of nitrogens with one attached hydrogen (secondary N) is 1. The summed E-state index contributed by atoms with van der Waals surface area (Å²) < 4.78 is 5.44. The zero-order valence-corrected chi connectivity index (χ0v) is 16.5. The van der Waals surface area contributed by atoms with E-state index in [1.54, 1.807) is 30.3 Å². The minimum Gasteiger partial charge on any atom is -0.422 e. The number of fused-ring (bicyclic) bond motifs is 1. The third-order valence-corrected chi connectivity index (χ3v) is 6.30. The lowest BCUT2D eigenvalue weighted by Gasteiger charge is -2.39. The Bertz CT molecular complexity index is 1210. The maximum atomic E-state index is 13.1. The molecule has 152 valence electrons. The summed E-state index contributed by atoms with van der Waals surface area (Å²) in [4.78, 5) is 39.0. The van der Waals surface area contributed by atoms with Crippen molar-refractivity contribution in [1.29, 1.82) is 0 Å². The first kappa shape index (κ1) is 18.6. The van der Waals surface area contributed by atoms with Crippen molar-refractivity contribution < 1.29 is 14.0 Å². The van der Waals surface area contributed by atoms with Crippen LogP contribution in [0, 0.1) is 0 Å². The maximum absolute atomic E-state index is 13.1. The second-order valence-electron chi connectivity index (χ2n) is 8.19.